The molecule has 0 bridgehead atoms. The molecule has 0 saturated carbocycles. The molecule has 0 aliphatic carbocycles. The average molecular weight is 417 g/mol. The van der Waals surface area contributed by atoms with Gasteiger partial charge in [-0.15, -0.1) is 0 Å². The summed E-state index contributed by atoms with van der Waals surface area (Å²) in [7, 11) is 0. The smallest absolute Gasteiger partial charge is 0.338 e. The van der Waals surface area contributed by atoms with Crippen LogP contribution in [0.2, 0.25) is 0 Å². The molecule has 0 heterocycles. The van der Waals surface area contributed by atoms with Gasteiger partial charge in [0.25, 0.3) is 0 Å². The van der Waals surface area contributed by atoms with Gasteiger partial charge in [-0.05, 0) is 47.0 Å². The van der Waals surface area contributed by atoms with Gasteiger partial charge in [0.15, 0.2) is 0 Å². The number of carbonyl (C=O) groups excluding carboxylic acids is 1. The molecular formula is C19H29BrO5. The first-order valence-corrected chi connectivity index (χ1v) is 9.73. The fraction of sp³-hybridized carbons (Fsp3) is 0.632. The van der Waals surface area contributed by atoms with E-state index < -0.39 is 0 Å². The zero-order chi connectivity index (χ0) is 18.3. The quantitative estimate of drug-likeness (QED) is 0.327. The molecule has 0 aliphatic rings. The zero-order valence-electron chi connectivity index (χ0n) is 15.2. The maximum atomic E-state index is 12.1. The predicted molar refractivity (Wildman–Crippen MR) is 101 cm³/mol. The molecule has 0 fully saturated rings. The van der Waals surface area contributed by atoms with E-state index >= 15 is 0 Å². The lowest BCUT2D eigenvalue weighted by Crippen LogP contribution is -2.12. The summed E-state index contributed by atoms with van der Waals surface area (Å²) in [4.78, 5) is 12.1. The molecule has 6 heteroatoms. The first-order chi connectivity index (χ1) is 12.2. The van der Waals surface area contributed by atoms with Crippen molar-refractivity contribution in [3.8, 4) is 5.75 Å². The molecule has 0 spiro atoms. The summed E-state index contributed by atoms with van der Waals surface area (Å²) in [5.74, 6) is 0.225. The van der Waals surface area contributed by atoms with E-state index in [1.165, 1.54) is 0 Å². The lowest BCUT2D eigenvalue weighted by molar-refractivity contribution is 0.0313. The second kappa shape index (κ2) is 14.1. The minimum absolute atomic E-state index is 0.250. The SMILES string of the molecule is CCCCOCCOC(=O)c1ccc(Br)c(OCCOCCCC)c1. The lowest BCUT2D eigenvalue weighted by atomic mass is 10.2. The van der Waals surface area contributed by atoms with Crippen molar-refractivity contribution in [2.24, 2.45) is 0 Å². The van der Waals surface area contributed by atoms with Crippen LogP contribution in [-0.4, -0.2) is 45.6 Å². The Balaban J connectivity index is 2.35. The van der Waals surface area contributed by atoms with Gasteiger partial charge < -0.3 is 18.9 Å². The third-order valence-electron chi connectivity index (χ3n) is 3.40. The van der Waals surface area contributed by atoms with E-state index in [-0.39, 0.29) is 12.6 Å². The Morgan fingerprint density at radius 1 is 0.920 bits per heavy atom. The Morgan fingerprint density at radius 2 is 1.56 bits per heavy atom. The van der Waals surface area contributed by atoms with Gasteiger partial charge in [-0.25, -0.2) is 4.79 Å². The Morgan fingerprint density at radius 3 is 2.20 bits per heavy atom. The second-order valence-corrected chi connectivity index (χ2v) is 6.42. The standard InChI is InChI=1S/C19H29BrO5/c1-3-5-9-22-11-13-24-18-15-16(7-8-17(18)20)19(21)25-14-12-23-10-6-4-2/h7-8,15H,3-6,9-14H2,1-2H3. The van der Waals surface area contributed by atoms with Crippen LogP contribution in [0.5, 0.6) is 5.75 Å². The van der Waals surface area contributed by atoms with Gasteiger partial charge in [0, 0.05) is 13.2 Å². The summed E-state index contributed by atoms with van der Waals surface area (Å²) in [5, 5.41) is 0. The number of carbonyl (C=O) groups is 1. The number of halogens is 1. The summed E-state index contributed by atoms with van der Waals surface area (Å²) in [6, 6.07) is 5.16. The highest BCUT2D eigenvalue weighted by Gasteiger charge is 2.11. The van der Waals surface area contributed by atoms with Crippen LogP contribution in [0.15, 0.2) is 22.7 Å². The van der Waals surface area contributed by atoms with Crippen LogP contribution < -0.4 is 4.74 Å². The Kier molecular flexibility index (Phi) is 12.4. The van der Waals surface area contributed by atoms with Crippen LogP contribution in [0.4, 0.5) is 0 Å². The number of benzene rings is 1. The van der Waals surface area contributed by atoms with E-state index in [0.29, 0.717) is 37.7 Å². The molecule has 0 radical (unpaired) electrons. The monoisotopic (exact) mass is 416 g/mol. The van der Waals surface area contributed by atoms with Crippen LogP contribution in [0, 0.1) is 0 Å². The van der Waals surface area contributed by atoms with Crippen molar-refractivity contribution in [2.45, 2.75) is 39.5 Å². The van der Waals surface area contributed by atoms with Crippen molar-refractivity contribution in [2.75, 3.05) is 39.6 Å². The molecule has 1 aromatic rings. The molecule has 1 aromatic carbocycles. The highest BCUT2D eigenvalue weighted by atomic mass is 79.9. The van der Waals surface area contributed by atoms with Gasteiger partial charge >= 0.3 is 5.97 Å². The van der Waals surface area contributed by atoms with Crippen molar-refractivity contribution < 1.29 is 23.7 Å². The topological polar surface area (TPSA) is 54.0 Å². The van der Waals surface area contributed by atoms with E-state index in [1.54, 1.807) is 18.2 Å². The molecule has 1 rings (SSSR count). The van der Waals surface area contributed by atoms with Crippen molar-refractivity contribution in [1.82, 2.24) is 0 Å². The van der Waals surface area contributed by atoms with Gasteiger partial charge in [0.2, 0.25) is 0 Å². The van der Waals surface area contributed by atoms with Crippen molar-refractivity contribution in [1.29, 1.82) is 0 Å². The summed E-state index contributed by atoms with van der Waals surface area (Å²) in [6.07, 6.45) is 4.27. The first kappa shape index (κ1) is 21.9. The van der Waals surface area contributed by atoms with E-state index in [2.05, 4.69) is 29.8 Å². The predicted octanol–water partition coefficient (Wildman–Crippen LogP) is 4.62. The molecule has 25 heavy (non-hydrogen) atoms. The van der Waals surface area contributed by atoms with Gasteiger partial charge in [0.05, 0.1) is 23.2 Å². The molecule has 0 aromatic heterocycles. The number of unbranched alkanes of at least 4 members (excludes halogenated alkanes) is 2. The fourth-order valence-corrected chi connectivity index (χ4v) is 2.29. The maximum Gasteiger partial charge on any atom is 0.338 e. The van der Waals surface area contributed by atoms with Crippen molar-refractivity contribution >= 4 is 21.9 Å². The third kappa shape index (κ3) is 9.82. The summed E-state index contributed by atoms with van der Waals surface area (Å²) >= 11 is 3.42. The largest absolute Gasteiger partial charge is 0.490 e. The Bertz CT molecular complexity index is 493. The number of esters is 1. The molecular weight excluding hydrogens is 388 g/mol. The second-order valence-electron chi connectivity index (χ2n) is 5.56. The molecule has 0 saturated heterocycles. The van der Waals surface area contributed by atoms with E-state index in [4.69, 9.17) is 18.9 Å². The van der Waals surface area contributed by atoms with Gasteiger partial charge in [-0.3, -0.25) is 0 Å². The summed E-state index contributed by atoms with van der Waals surface area (Å²) in [5.41, 5.74) is 0.457. The van der Waals surface area contributed by atoms with Gasteiger partial charge in [-0.2, -0.15) is 0 Å². The highest BCUT2D eigenvalue weighted by Crippen LogP contribution is 2.26. The molecule has 0 aliphatic heterocycles. The minimum Gasteiger partial charge on any atom is -0.490 e. The zero-order valence-corrected chi connectivity index (χ0v) is 16.8. The van der Waals surface area contributed by atoms with Crippen LogP contribution in [0.25, 0.3) is 0 Å². The van der Waals surface area contributed by atoms with Gasteiger partial charge in [-0.1, -0.05) is 26.7 Å². The lowest BCUT2D eigenvalue weighted by Gasteiger charge is -2.11. The number of rotatable bonds is 14. The Labute approximate surface area is 159 Å². The average Bonchev–Trinajstić information content (AvgIpc) is 2.62. The summed E-state index contributed by atoms with van der Waals surface area (Å²) in [6.45, 7) is 7.30. The van der Waals surface area contributed by atoms with E-state index in [0.717, 1.165) is 36.8 Å². The van der Waals surface area contributed by atoms with E-state index in [1.807, 2.05) is 0 Å². The molecule has 0 amide bonds. The number of hydrogen-bond donors (Lipinski definition) is 0. The number of hydrogen-bond acceptors (Lipinski definition) is 5. The third-order valence-corrected chi connectivity index (χ3v) is 4.05. The van der Waals surface area contributed by atoms with Crippen LogP contribution in [-0.2, 0) is 14.2 Å². The molecule has 142 valence electrons. The summed E-state index contributed by atoms with van der Waals surface area (Å²) < 4.78 is 22.5. The minimum atomic E-state index is -0.379. The van der Waals surface area contributed by atoms with Crippen LogP contribution >= 0.6 is 15.9 Å². The molecule has 5 nitrogen and oxygen atoms in total. The van der Waals surface area contributed by atoms with Crippen LogP contribution in [0.1, 0.15) is 49.9 Å². The van der Waals surface area contributed by atoms with Gasteiger partial charge in [0.1, 0.15) is 19.0 Å². The van der Waals surface area contributed by atoms with E-state index in [9.17, 15) is 4.79 Å². The number of ether oxygens (including phenoxy) is 4. The molecule has 0 atom stereocenters. The van der Waals surface area contributed by atoms with Crippen molar-refractivity contribution in [3.63, 3.8) is 0 Å². The normalized spacial score (nSPS) is 10.7. The fourth-order valence-electron chi connectivity index (χ4n) is 1.93. The van der Waals surface area contributed by atoms with Crippen molar-refractivity contribution in [3.05, 3.63) is 28.2 Å². The maximum absolute atomic E-state index is 12.1. The Hall–Kier alpha value is -1.11. The van der Waals surface area contributed by atoms with Crippen LogP contribution in [0.3, 0.4) is 0 Å². The first-order valence-electron chi connectivity index (χ1n) is 8.94. The molecule has 0 N–H and O–H groups in total. The highest BCUT2D eigenvalue weighted by molar-refractivity contribution is 9.10. The molecule has 0 unspecified atom stereocenters.